The number of hydrogen-bond donors (Lipinski definition) is 0. The summed E-state index contributed by atoms with van der Waals surface area (Å²) in [6, 6.07) is 2.09. The molecule has 7 heteroatoms. The second-order valence-corrected chi connectivity index (χ2v) is 4.85. The maximum Gasteiger partial charge on any atom is 0.416 e. The van der Waals surface area contributed by atoms with E-state index in [0.29, 0.717) is 18.1 Å². The van der Waals surface area contributed by atoms with E-state index < -0.39 is 17.6 Å². The zero-order valence-electron chi connectivity index (χ0n) is 10.6. The molecule has 0 N–H and O–H groups in total. The third kappa shape index (κ3) is 2.55. The van der Waals surface area contributed by atoms with Crippen LogP contribution < -0.4 is 0 Å². The Hall–Kier alpha value is -2.18. The van der Waals surface area contributed by atoms with Crippen molar-refractivity contribution in [2.75, 3.05) is 0 Å². The van der Waals surface area contributed by atoms with Crippen molar-refractivity contribution in [2.24, 2.45) is 0 Å². The zero-order valence-corrected chi connectivity index (χ0v) is 10.6. The third-order valence-corrected chi connectivity index (χ3v) is 3.27. The van der Waals surface area contributed by atoms with Crippen molar-refractivity contribution in [3.05, 3.63) is 41.0 Å². The quantitative estimate of drug-likeness (QED) is 0.630. The van der Waals surface area contributed by atoms with Crippen molar-refractivity contribution in [1.29, 1.82) is 0 Å². The standard InChI is InChI=1S/C14H9F4NO2/c15-10-5-8(14(16,17)18)3-4-9(10)13-19-11(6-20)12(21-13)7-1-2-7/h3-7H,1-2H2. The minimum absolute atomic E-state index is 0.0757. The van der Waals surface area contributed by atoms with Gasteiger partial charge in [-0.3, -0.25) is 4.79 Å². The summed E-state index contributed by atoms with van der Waals surface area (Å²) >= 11 is 0. The summed E-state index contributed by atoms with van der Waals surface area (Å²) in [5.41, 5.74) is -1.21. The minimum atomic E-state index is -4.62. The first-order valence-corrected chi connectivity index (χ1v) is 6.23. The third-order valence-electron chi connectivity index (χ3n) is 3.27. The molecule has 1 aliphatic carbocycles. The molecule has 3 nitrogen and oxygen atoms in total. The number of nitrogens with zero attached hydrogens (tertiary/aromatic N) is 1. The van der Waals surface area contributed by atoms with Crippen LogP contribution in [-0.4, -0.2) is 11.3 Å². The second kappa shape index (κ2) is 4.68. The van der Waals surface area contributed by atoms with Gasteiger partial charge in [0.25, 0.3) is 0 Å². The van der Waals surface area contributed by atoms with Crippen molar-refractivity contribution in [1.82, 2.24) is 4.98 Å². The summed E-state index contributed by atoms with van der Waals surface area (Å²) in [7, 11) is 0. The lowest BCUT2D eigenvalue weighted by Crippen LogP contribution is -2.05. The summed E-state index contributed by atoms with van der Waals surface area (Å²) in [5, 5.41) is 0. The molecule has 0 unspecified atom stereocenters. The fourth-order valence-corrected chi connectivity index (χ4v) is 2.05. The maximum absolute atomic E-state index is 13.8. The van der Waals surface area contributed by atoms with Crippen LogP contribution in [0, 0.1) is 5.82 Å². The molecule has 0 saturated heterocycles. The summed E-state index contributed by atoms with van der Waals surface area (Å²) in [6.45, 7) is 0. The van der Waals surface area contributed by atoms with E-state index in [0.717, 1.165) is 25.0 Å². The average molecular weight is 299 g/mol. The van der Waals surface area contributed by atoms with Crippen LogP contribution in [0.3, 0.4) is 0 Å². The molecule has 1 saturated carbocycles. The Balaban J connectivity index is 2.02. The molecule has 1 aliphatic rings. The Morgan fingerprint density at radius 1 is 1.29 bits per heavy atom. The van der Waals surface area contributed by atoms with Crippen LogP contribution in [0.15, 0.2) is 22.6 Å². The highest BCUT2D eigenvalue weighted by atomic mass is 19.4. The van der Waals surface area contributed by atoms with Gasteiger partial charge in [-0.25, -0.2) is 9.37 Å². The maximum atomic E-state index is 13.8. The Bertz CT molecular complexity index is 701. The fraction of sp³-hybridized carbons (Fsp3) is 0.286. The highest BCUT2D eigenvalue weighted by molar-refractivity contribution is 5.75. The van der Waals surface area contributed by atoms with Crippen molar-refractivity contribution < 1.29 is 26.8 Å². The Morgan fingerprint density at radius 3 is 2.52 bits per heavy atom. The predicted octanol–water partition coefficient (Wildman–Crippen LogP) is 4.19. The largest absolute Gasteiger partial charge is 0.440 e. The van der Waals surface area contributed by atoms with Gasteiger partial charge in [0.1, 0.15) is 17.3 Å². The van der Waals surface area contributed by atoms with Crippen LogP contribution in [0.25, 0.3) is 11.5 Å². The van der Waals surface area contributed by atoms with Gasteiger partial charge in [0, 0.05) is 5.92 Å². The first kappa shape index (κ1) is 13.8. The van der Waals surface area contributed by atoms with Crippen LogP contribution in [0.4, 0.5) is 17.6 Å². The van der Waals surface area contributed by atoms with Crippen molar-refractivity contribution in [2.45, 2.75) is 24.9 Å². The van der Waals surface area contributed by atoms with Gasteiger partial charge in [-0.15, -0.1) is 0 Å². The van der Waals surface area contributed by atoms with E-state index in [1.54, 1.807) is 0 Å². The van der Waals surface area contributed by atoms with Gasteiger partial charge in [-0.1, -0.05) is 0 Å². The molecule has 0 atom stereocenters. The highest BCUT2D eigenvalue weighted by Crippen LogP contribution is 2.43. The first-order valence-electron chi connectivity index (χ1n) is 6.23. The Kier molecular flexibility index (Phi) is 3.07. The number of rotatable bonds is 3. The molecule has 2 aromatic rings. The van der Waals surface area contributed by atoms with E-state index >= 15 is 0 Å². The van der Waals surface area contributed by atoms with E-state index in [2.05, 4.69) is 4.98 Å². The number of alkyl halides is 3. The van der Waals surface area contributed by atoms with Gasteiger partial charge >= 0.3 is 6.18 Å². The summed E-state index contributed by atoms with van der Waals surface area (Å²) in [4.78, 5) is 14.8. The van der Waals surface area contributed by atoms with Crippen molar-refractivity contribution in [3.63, 3.8) is 0 Å². The van der Waals surface area contributed by atoms with Crippen LogP contribution in [0.5, 0.6) is 0 Å². The summed E-state index contributed by atoms with van der Waals surface area (Å²) in [5.74, 6) is -0.806. The molecule has 1 aromatic heterocycles. The Labute approximate surface area is 116 Å². The van der Waals surface area contributed by atoms with Crippen LogP contribution >= 0.6 is 0 Å². The fourth-order valence-electron chi connectivity index (χ4n) is 2.05. The number of hydrogen-bond acceptors (Lipinski definition) is 3. The van der Waals surface area contributed by atoms with Crippen LogP contribution in [0.2, 0.25) is 0 Å². The monoisotopic (exact) mass is 299 g/mol. The summed E-state index contributed by atoms with van der Waals surface area (Å²) in [6.07, 6.45) is -2.42. The highest BCUT2D eigenvalue weighted by Gasteiger charge is 2.33. The first-order chi connectivity index (χ1) is 9.90. The molecule has 0 bridgehead atoms. The SMILES string of the molecule is O=Cc1nc(-c2ccc(C(F)(F)F)cc2F)oc1C1CC1. The number of oxazole rings is 1. The number of carbonyl (C=O) groups excluding carboxylic acids is 1. The normalized spacial score (nSPS) is 15.2. The average Bonchev–Trinajstić information content (AvgIpc) is 3.17. The van der Waals surface area contributed by atoms with Gasteiger partial charge in [-0.05, 0) is 31.0 Å². The molecular weight excluding hydrogens is 290 g/mol. The van der Waals surface area contributed by atoms with Gasteiger partial charge in [0.05, 0.1) is 11.1 Å². The molecule has 1 heterocycles. The molecule has 0 amide bonds. The van der Waals surface area contributed by atoms with Gasteiger partial charge in [0.15, 0.2) is 6.29 Å². The van der Waals surface area contributed by atoms with E-state index in [-0.39, 0.29) is 23.1 Å². The number of benzene rings is 1. The van der Waals surface area contributed by atoms with Crippen molar-refractivity contribution in [3.8, 4) is 11.5 Å². The van der Waals surface area contributed by atoms with E-state index in [1.807, 2.05) is 0 Å². The van der Waals surface area contributed by atoms with E-state index in [4.69, 9.17) is 4.42 Å². The minimum Gasteiger partial charge on any atom is -0.440 e. The lowest BCUT2D eigenvalue weighted by molar-refractivity contribution is -0.137. The number of aromatic nitrogens is 1. The molecule has 1 fully saturated rings. The lowest BCUT2D eigenvalue weighted by Gasteiger charge is -2.07. The van der Waals surface area contributed by atoms with Gasteiger partial charge in [-0.2, -0.15) is 13.2 Å². The van der Waals surface area contributed by atoms with Gasteiger partial charge < -0.3 is 4.42 Å². The van der Waals surface area contributed by atoms with Crippen molar-refractivity contribution >= 4 is 6.29 Å². The molecule has 0 aliphatic heterocycles. The molecular formula is C14H9F4NO2. The van der Waals surface area contributed by atoms with Crippen LogP contribution in [-0.2, 0) is 6.18 Å². The number of halogens is 4. The second-order valence-electron chi connectivity index (χ2n) is 4.85. The predicted molar refractivity (Wildman–Crippen MR) is 64.3 cm³/mol. The smallest absolute Gasteiger partial charge is 0.416 e. The van der Waals surface area contributed by atoms with Crippen LogP contribution in [0.1, 0.15) is 40.6 Å². The Morgan fingerprint density at radius 2 is 2.00 bits per heavy atom. The molecule has 0 radical (unpaired) electrons. The zero-order chi connectivity index (χ0) is 15.2. The molecule has 3 rings (SSSR count). The number of carbonyl (C=O) groups is 1. The summed E-state index contributed by atoms with van der Waals surface area (Å²) < 4.78 is 56.7. The molecule has 21 heavy (non-hydrogen) atoms. The number of aldehydes is 1. The molecule has 110 valence electrons. The van der Waals surface area contributed by atoms with E-state index in [1.165, 1.54) is 0 Å². The molecule has 0 spiro atoms. The molecule has 1 aromatic carbocycles. The topological polar surface area (TPSA) is 43.1 Å². The lowest BCUT2D eigenvalue weighted by atomic mass is 10.1. The van der Waals surface area contributed by atoms with Gasteiger partial charge in [0.2, 0.25) is 5.89 Å². The van der Waals surface area contributed by atoms with E-state index in [9.17, 15) is 22.4 Å².